The maximum absolute atomic E-state index is 11.9. The molecule has 2 amide bonds. The summed E-state index contributed by atoms with van der Waals surface area (Å²) in [5.41, 5.74) is 0.530. The van der Waals surface area contributed by atoms with Gasteiger partial charge in [0, 0.05) is 25.8 Å². The molecule has 0 unspecified atom stereocenters. The van der Waals surface area contributed by atoms with Gasteiger partial charge in [0.1, 0.15) is 5.56 Å². The van der Waals surface area contributed by atoms with Crippen LogP contribution in [0.3, 0.4) is 0 Å². The third-order valence-electron chi connectivity index (χ3n) is 2.98. The van der Waals surface area contributed by atoms with Gasteiger partial charge in [0.25, 0.3) is 11.8 Å². The number of carbonyl (C=O) groups is 2. The minimum absolute atomic E-state index is 0.0190. The van der Waals surface area contributed by atoms with E-state index >= 15 is 0 Å². The number of amides is 2. The number of carbonyl (C=O) groups excluding carboxylic acids is 2. The lowest BCUT2D eigenvalue weighted by Crippen LogP contribution is -2.44. The minimum Gasteiger partial charge on any atom is -0.383 e. The molecular weight excluding hydrogens is 258 g/mol. The second-order valence-corrected chi connectivity index (χ2v) is 4.86. The van der Waals surface area contributed by atoms with Crippen molar-refractivity contribution in [2.75, 3.05) is 20.3 Å². The number of pyridine rings is 1. The Morgan fingerprint density at radius 3 is 2.95 bits per heavy atom. The summed E-state index contributed by atoms with van der Waals surface area (Å²) in [6.45, 7) is 1.17. The third-order valence-corrected chi connectivity index (χ3v) is 2.98. The molecule has 1 aliphatic carbocycles. The average Bonchev–Trinajstić information content (AvgIpc) is 3.23. The van der Waals surface area contributed by atoms with E-state index in [-0.39, 0.29) is 18.4 Å². The molecule has 20 heavy (non-hydrogen) atoms. The fraction of sp³-hybridized carbons (Fsp3) is 0.500. The topological polar surface area (TPSA) is 71.3 Å². The molecule has 0 spiro atoms. The summed E-state index contributed by atoms with van der Waals surface area (Å²) in [4.78, 5) is 23.6. The summed E-state index contributed by atoms with van der Waals surface area (Å²) in [5.74, 6) is -0.187. The van der Waals surface area contributed by atoms with Gasteiger partial charge in [-0.2, -0.15) is 4.57 Å². The van der Waals surface area contributed by atoms with Crippen molar-refractivity contribution >= 4 is 11.8 Å². The molecule has 1 aliphatic rings. The number of methoxy groups -OCH3 is 1. The molecule has 1 aromatic rings. The highest BCUT2D eigenvalue weighted by Crippen LogP contribution is 2.18. The molecule has 0 aromatic carbocycles. The van der Waals surface area contributed by atoms with Crippen molar-refractivity contribution in [3.8, 4) is 0 Å². The molecular formula is C14H20N3O3+. The van der Waals surface area contributed by atoms with E-state index < -0.39 is 0 Å². The lowest BCUT2D eigenvalue weighted by atomic mass is 10.2. The first-order chi connectivity index (χ1) is 9.69. The zero-order valence-electron chi connectivity index (χ0n) is 11.6. The van der Waals surface area contributed by atoms with Crippen molar-refractivity contribution in [2.24, 2.45) is 0 Å². The van der Waals surface area contributed by atoms with Gasteiger partial charge in [0.2, 0.25) is 6.54 Å². The lowest BCUT2D eigenvalue weighted by molar-refractivity contribution is -0.684. The van der Waals surface area contributed by atoms with Crippen molar-refractivity contribution < 1.29 is 18.9 Å². The van der Waals surface area contributed by atoms with Gasteiger partial charge in [0.15, 0.2) is 12.4 Å². The summed E-state index contributed by atoms with van der Waals surface area (Å²) in [6, 6.07) is 3.83. The standard InChI is InChI=1S/C14H19N3O3/c1-20-8-6-15-14(19)11-3-2-7-17(9-11)10-13(18)16-12-4-5-12/h2-3,7,9,12H,4-6,8,10H2,1H3,(H-,15,16,18,19)/p+1. The first-order valence-electron chi connectivity index (χ1n) is 6.74. The predicted molar refractivity (Wildman–Crippen MR) is 72.0 cm³/mol. The van der Waals surface area contributed by atoms with Crippen LogP contribution in [-0.2, 0) is 16.1 Å². The molecule has 2 rings (SSSR count). The average molecular weight is 278 g/mol. The zero-order chi connectivity index (χ0) is 14.4. The van der Waals surface area contributed by atoms with Crippen LogP contribution in [0, 0.1) is 0 Å². The number of hydrogen-bond acceptors (Lipinski definition) is 3. The van der Waals surface area contributed by atoms with Crippen LogP contribution in [0.5, 0.6) is 0 Å². The van der Waals surface area contributed by atoms with Gasteiger partial charge in [-0.05, 0) is 18.9 Å². The summed E-state index contributed by atoms with van der Waals surface area (Å²) in [7, 11) is 1.58. The van der Waals surface area contributed by atoms with E-state index in [0.29, 0.717) is 24.8 Å². The SMILES string of the molecule is COCCNC(=O)c1ccc[n+](CC(=O)NC2CC2)c1. The highest BCUT2D eigenvalue weighted by atomic mass is 16.5. The Morgan fingerprint density at radius 1 is 1.45 bits per heavy atom. The number of nitrogens with zero attached hydrogens (tertiary/aromatic N) is 1. The Bertz CT molecular complexity index is 486. The molecule has 1 saturated carbocycles. The van der Waals surface area contributed by atoms with Crippen LogP contribution in [0.2, 0.25) is 0 Å². The quantitative estimate of drug-likeness (QED) is 0.528. The number of aromatic nitrogens is 1. The fourth-order valence-electron chi connectivity index (χ4n) is 1.79. The van der Waals surface area contributed by atoms with Crippen LogP contribution in [-0.4, -0.2) is 38.1 Å². The van der Waals surface area contributed by atoms with Crippen molar-refractivity contribution in [3.05, 3.63) is 30.1 Å². The van der Waals surface area contributed by atoms with Crippen LogP contribution in [0.15, 0.2) is 24.5 Å². The van der Waals surface area contributed by atoms with Crippen LogP contribution >= 0.6 is 0 Å². The minimum atomic E-state index is -0.168. The van der Waals surface area contributed by atoms with Crippen molar-refractivity contribution in [2.45, 2.75) is 25.4 Å². The molecule has 0 atom stereocenters. The molecule has 1 fully saturated rings. The van der Waals surface area contributed by atoms with Crippen LogP contribution in [0.25, 0.3) is 0 Å². The number of rotatable bonds is 7. The van der Waals surface area contributed by atoms with E-state index in [2.05, 4.69) is 10.6 Å². The van der Waals surface area contributed by atoms with E-state index in [1.54, 1.807) is 36.2 Å². The Labute approximate surface area is 118 Å². The van der Waals surface area contributed by atoms with Gasteiger partial charge in [0.05, 0.1) is 6.61 Å². The maximum atomic E-state index is 11.9. The van der Waals surface area contributed by atoms with E-state index in [0.717, 1.165) is 12.8 Å². The normalized spacial score (nSPS) is 13.8. The summed E-state index contributed by atoms with van der Waals surface area (Å²) >= 11 is 0. The summed E-state index contributed by atoms with van der Waals surface area (Å²) in [5, 5.41) is 5.66. The summed E-state index contributed by atoms with van der Waals surface area (Å²) < 4.78 is 6.59. The van der Waals surface area contributed by atoms with E-state index in [9.17, 15) is 9.59 Å². The van der Waals surface area contributed by atoms with Crippen molar-refractivity contribution in [3.63, 3.8) is 0 Å². The first kappa shape index (κ1) is 14.5. The Kier molecular flexibility index (Phi) is 5.06. The van der Waals surface area contributed by atoms with Gasteiger partial charge < -0.3 is 15.4 Å². The van der Waals surface area contributed by atoms with Gasteiger partial charge >= 0.3 is 0 Å². The Hall–Kier alpha value is -1.95. The number of nitrogens with one attached hydrogen (secondary N) is 2. The van der Waals surface area contributed by atoms with E-state index in [1.807, 2.05) is 0 Å². The van der Waals surface area contributed by atoms with Crippen LogP contribution < -0.4 is 15.2 Å². The monoisotopic (exact) mass is 278 g/mol. The molecule has 1 heterocycles. The second kappa shape index (κ2) is 7.00. The molecule has 108 valence electrons. The molecule has 6 heteroatoms. The number of hydrogen-bond donors (Lipinski definition) is 2. The zero-order valence-corrected chi connectivity index (χ0v) is 11.6. The predicted octanol–water partition coefficient (Wildman–Crippen LogP) is -0.371. The second-order valence-electron chi connectivity index (χ2n) is 4.86. The smallest absolute Gasteiger partial charge is 0.286 e. The lowest BCUT2D eigenvalue weighted by Gasteiger charge is -2.04. The van der Waals surface area contributed by atoms with E-state index in [1.165, 1.54) is 0 Å². The third kappa shape index (κ3) is 4.62. The highest BCUT2D eigenvalue weighted by Gasteiger charge is 2.24. The van der Waals surface area contributed by atoms with Crippen molar-refractivity contribution in [1.29, 1.82) is 0 Å². The fourth-order valence-corrected chi connectivity index (χ4v) is 1.79. The number of ether oxygens (including phenoxy) is 1. The Balaban J connectivity index is 1.89. The van der Waals surface area contributed by atoms with Crippen LogP contribution in [0.4, 0.5) is 0 Å². The molecule has 0 bridgehead atoms. The maximum Gasteiger partial charge on any atom is 0.286 e. The first-order valence-corrected chi connectivity index (χ1v) is 6.74. The highest BCUT2D eigenvalue weighted by molar-refractivity contribution is 5.93. The molecule has 2 N–H and O–H groups in total. The largest absolute Gasteiger partial charge is 0.383 e. The van der Waals surface area contributed by atoms with Gasteiger partial charge in [-0.3, -0.25) is 9.59 Å². The molecule has 0 aliphatic heterocycles. The Morgan fingerprint density at radius 2 is 2.25 bits per heavy atom. The molecule has 1 aromatic heterocycles. The molecule has 0 saturated heterocycles. The van der Waals surface area contributed by atoms with Gasteiger partial charge in [-0.25, -0.2) is 0 Å². The molecule has 6 nitrogen and oxygen atoms in total. The van der Waals surface area contributed by atoms with Gasteiger partial charge in [-0.15, -0.1) is 0 Å². The molecule has 0 radical (unpaired) electrons. The van der Waals surface area contributed by atoms with Crippen LogP contribution in [0.1, 0.15) is 23.2 Å². The summed E-state index contributed by atoms with van der Waals surface area (Å²) in [6.07, 6.45) is 5.59. The van der Waals surface area contributed by atoms with E-state index in [4.69, 9.17) is 4.74 Å². The van der Waals surface area contributed by atoms with Crippen molar-refractivity contribution in [1.82, 2.24) is 10.6 Å². The van der Waals surface area contributed by atoms with Gasteiger partial charge in [-0.1, -0.05) is 0 Å².